The lowest BCUT2D eigenvalue weighted by molar-refractivity contribution is 0.185. The molecule has 0 fully saturated rings. The Balaban J connectivity index is 3.42. The summed E-state index contributed by atoms with van der Waals surface area (Å²) in [5.41, 5.74) is 3.42. The average Bonchev–Trinajstić information content (AvgIpc) is 2.30. The molecule has 0 aliphatic rings. The van der Waals surface area contributed by atoms with Crippen LogP contribution in [0.3, 0.4) is 0 Å². The average molecular weight is 430 g/mol. The SMILES string of the molecule is Nc1c(F)c(F)c(OC(C(Cl)(Cl)Cl)C(Cl)(Cl)Cl)c(F)c1F. The Hall–Kier alpha value is 0.280. The van der Waals surface area contributed by atoms with Crippen molar-refractivity contribution in [2.45, 2.75) is 13.7 Å². The van der Waals surface area contributed by atoms with Crippen molar-refractivity contribution in [3.8, 4) is 5.75 Å². The molecule has 1 aromatic rings. The number of ether oxygens (including phenoxy) is 1. The zero-order valence-corrected chi connectivity index (χ0v) is 13.9. The maximum Gasteiger partial charge on any atom is 0.231 e. The summed E-state index contributed by atoms with van der Waals surface area (Å²) >= 11 is 32.7. The predicted octanol–water partition coefficient (Wildman–Crippen LogP) is 5.31. The van der Waals surface area contributed by atoms with Gasteiger partial charge in [0.2, 0.25) is 19.2 Å². The minimum absolute atomic E-state index is 1.39. The molecule has 0 unspecified atom stereocenters. The van der Waals surface area contributed by atoms with E-state index >= 15 is 0 Å². The van der Waals surface area contributed by atoms with Gasteiger partial charge in [-0.15, -0.1) is 0 Å². The number of hydrogen-bond donors (Lipinski definition) is 1. The molecule has 0 spiro atoms. The number of alkyl halides is 6. The first-order valence-corrected chi connectivity index (χ1v) is 6.96. The zero-order chi connectivity index (χ0) is 16.7. The number of anilines is 1. The normalized spacial score (nSPS) is 12.9. The van der Waals surface area contributed by atoms with E-state index in [1.807, 2.05) is 0 Å². The van der Waals surface area contributed by atoms with Crippen LogP contribution < -0.4 is 10.5 Å². The molecule has 0 atom stereocenters. The van der Waals surface area contributed by atoms with Crippen LogP contribution in [-0.2, 0) is 0 Å². The van der Waals surface area contributed by atoms with Crippen LogP contribution in [0.25, 0.3) is 0 Å². The highest BCUT2D eigenvalue weighted by molar-refractivity contribution is 6.73. The molecular weight excluding hydrogens is 427 g/mol. The molecule has 0 saturated carbocycles. The summed E-state index contributed by atoms with van der Waals surface area (Å²) in [7, 11) is 0. The van der Waals surface area contributed by atoms with E-state index in [2.05, 4.69) is 4.74 Å². The zero-order valence-electron chi connectivity index (χ0n) is 9.34. The third kappa shape index (κ3) is 4.18. The van der Waals surface area contributed by atoms with E-state index in [4.69, 9.17) is 75.3 Å². The van der Waals surface area contributed by atoms with Crippen molar-refractivity contribution in [1.29, 1.82) is 0 Å². The maximum atomic E-state index is 13.6. The minimum Gasteiger partial charge on any atom is -0.475 e. The van der Waals surface area contributed by atoms with E-state index in [1.165, 1.54) is 0 Å². The van der Waals surface area contributed by atoms with Gasteiger partial charge in [-0.25, -0.2) is 8.78 Å². The van der Waals surface area contributed by atoms with E-state index < -0.39 is 48.4 Å². The van der Waals surface area contributed by atoms with Crippen LogP contribution in [0.1, 0.15) is 0 Å². The van der Waals surface area contributed by atoms with Crippen LogP contribution in [0.5, 0.6) is 5.75 Å². The molecule has 0 aromatic heterocycles. The van der Waals surface area contributed by atoms with Crippen molar-refractivity contribution in [3.63, 3.8) is 0 Å². The molecule has 0 amide bonds. The smallest absolute Gasteiger partial charge is 0.231 e. The summed E-state index contributed by atoms with van der Waals surface area (Å²) in [5, 5.41) is 0. The fraction of sp³-hybridized carbons (Fsp3) is 0.333. The van der Waals surface area contributed by atoms with Gasteiger partial charge in [0.1, 0.15) is 5.69 Å². The van der Waals surface area contributed by atoms with Crippen molar-refractivity contribution in [2.24, 2.45) is 0 Å². The molecule has 12 heteroatoms. The van der Waals surface area contributed by atoms with Gasteiger partial charge in [-0.2, -0.15) is 8.78 Å². The second kappa shape index (κ2) is 6.42. The topological polar surface area (TPSA) is 35.2 Å². The number of hydrogen-bond acceptors (Lipinski definition) is 2. The fourth-order valence-electron chi connectivity index (χ4n) is 1.17. The first-order chi connectivity index (χ1) is 9.28. The molecule has 0 radical (unpaired) electrons. The van der Waals surface area contributed by atoms with Gasteiger partial charge in [-0.3, -0.25) is 0 Å². The quantitative estimate of drug-likeness (QED) is 0.299. The number of nitrogen functional groups attached to an aromatic ring is 1. The lowest BCUT2D eigenvalue weighted by atomic mass is 10.2. The second-order valence-electron chi connectivity index (χ2n) is 3.58. The van der Waals surface area contributed by atoms with E-state index in [0.717, 1.165) is 0 Å². The molecule has 2 N–H and O–H groups in total. The van der Waals surface area contributed by atoms with Crippen LogP contribution in [0.2, 0.25) is 0 Å². The first-order valence-electron chi connectivity index (χ1n) is 4.70. The molecule has 0 saturated heterocycles. The van der Waals surface area contributed by atoms with Gasteiger partial charge in [-0.1, -0.05) is 69.6 Å². The predicted molar refractivity (Wildman–Crippen MR) is 75.7 cm³/mol. The fourth-order valence-corrected chi connectivity index (χ4v) is 2.92. The molecule has 1 aromatic carbocycles. The van der Waals surface area contributed by atoms with Gasteiger partial charge >= 0.3 is 0 Å². The number of halogens is 10. The number of benzene rings is 1. The lowest BCUT2D eigenvalue weighted by Crippen LogP contribution is -2.43. The Morgan fingerprint density at radius 1 is 0.762 bits per heavy atom. The standard InChI is InChI=1S/C9H3Cl6F4NO/c10-8(11,12)7(9(13,14)15)21-6-3(18)1(16)5(20)2(17)4(6)19/h7H,20H2. The van der Waals surface area contributed by atoms with Gasteiger partial charge in [0, 0.05) is 0 Å². The minimum atomic E-state index is -2.49. The Morgan fingerprint density at radius 2 is 1.10 bits per heavy atom. The summed E-state index contributed by atoms with van der Waals surface area (Å²) in [6.07, 6.45) is -2.09. The van der Waals surface area contributed by atoms with Gasteiger partial charge in [0.15, 0.2) is 23.5 Å². The molecule has 1 rings (SSSR count). The van der Waals surface area contributed by atoms with Gasteiger partial charge < -0.3 is 10.5 Å². The van der Waals surface area contributed by atoms with E-state index in [0.29, 0.717) is 0 Å². The third-order valence-electron chi connectivity index (χ3n) is 2.09. The number of rotatable bonds is 2. The Bertz CT molecular complexity index is 516. The summed E-state index contributed by atoms with van der Waals surface area (Å²) in [5.74, 6) is -9.34. The Labute approximate surface area is 145 Å². The van der Waals surface area contributed by atoms with E-state index in [9.17, 15) is 17.6 Å². The first kappa shape index (κ1) is 19.3. The van der Waals surface area contributed by atoms with Crippen molar-refractivity contribution < 1.29 is 22.3 Å². The highest BCUT2D eigenvalue weighted by Gasteiger charge is 2.50. The molecule has 0 aliphatic heterocycles. The molecule has 21 heavy (non-hydrogen) atoms. The second-order valence-corrected chi connectivity index (χ2v) is 8.32. The van der Waals surface area contributed by atoms with Crippen molar-refractivity contribution in [1.82, 2.24) is 0 Å². The summed E-state index contributed by atoms with van der Waals surface area (Å²) in [6.45, 7) is 0. The molecule has 0 aliphatic carbocycles. The number of nitrogens with two attached hydrogens (primary N) is 1. The van der Waals surface area contributed by atoms with Crippen LogP contribution in [0, 0.1) is 23.3 Å². The molecule has 2 nitrogen and oxygen atoms in total. The molecule has 0 bridgehead atoms. The highest BCUT2D eigenvalue weighted by Crippen LogP contribution is 2.46. The summed E-state index contributed by atoms with van der Waals surface area (Å²) in [6, 6.07) is 0. The highest BCUT2D eigenvalue weighted by atomic mass is 35.6. The van der Waals surface area contributed by atoms with Crippen LogP contribution in [0.15, 0.2) is 0 Å². The molecule has 0 heterocycles. The van der Waals surface area contributed by atoms with Gasteiger partial charge in [-0.05, 0) is 0 Å². The maximum absolute atomic E-state index is 13.6. The van der Waals surface area contributed by atoms with Crippen LogP contribution >= 0.6 is 69.6 Å². The lowest BCUT2D eigenvalue weighted by Gasteiger charge is -2.31. The van der Waals surface area contributed by atoms with E-state index in [-0.39, 0.29) is 0 Å². The largest absolute Gasteiger partial charge is 0.475 e. The Morgan fingerprint density at radius 3 is 1.38 bits per heavy atom. The van der Waals surface area contributed by atoms with Gasteiger partial charge in [0.05, 0.1) is 0 Å². The van der Waals surface area contributed by atoms with E-state index in [1.54, 1.807) is 0 Å². The van der Waals surface area contributed by atoms with Crippen molar-refractivity contribution >= 4 is 75.3 Å². The third-order valence-corrected chi connectivity index (χ3v) is 3.28. The molecular formula is C9H3Cl6F4NO. The van der Waals surface area contributed by atoms with Crippen LogP contribution in [-0.4, -0.2) is 13.7 Å². The summed E-state index contributed by atoms with van der Waals surface area (Å²) < 4.78 is 53.3. The molecule has 120 valence electrons. The van der Waals surface area contributed by atoms with Crippen molar-refractivity contribution in [2.75, 3.05) is 5.73 Å². The Kier molecular flexibility index (Phi) is 5.90. The van der Waals surface area contributed by atoms with Crippen LogP contribution in [0.4, 0.5) is 23.2 Å². The summed E-state index contributed by atoms with van der Waals surface area (Å²) in [4.78, 5) is 0. The monoisotopic (exact) mass is 427 g/mol. The van der Waals surface area contributed by atoms with Gasteiger partial charge in [0.25, 0.3) is 0 Å². The van der Waals surface area contributed by atoms with Crippen molar-refractivity contribution in [3.05, 3.63) is 23.3 Å².